The summed E-state index contributed by atoms with van der Waals surface area (Å²) in [5.41, 5.74) is 1.91. The predicted molar refractivity (Wildman–Crippen MR) is 93.9 cm³/mol. The molecule has 1 heterocycles. The van der Waals surface area contributed by atoms with Crippen molar-refractivity contribution in [1.82, 2.24) is 5.32 Å². The maximum atomic E-state index is 12.1. The molecular formula is C17H22N2O4S. The fraction of sp³-hybridized carbons (Fsp3) is 0.471. The second-order valence-corrected chi connectivity index (χ2v) is 6.67. The highest BCUT2D eigenvalue weighted by Gasteiger charge is 2.34. The first-order valence-electron chi connectivity index (χ1n) is 8.00. The molecule has 1 aromatic rings. The topological polar surface area (TPSA) is 84.5 Å². The van der Waals surface area contributed by atoms with Gasteiger partial charge >= 0.3 is 5.97 Å². The number of thioether (sulfide) groups is 1. The van der Waals surface area contributed by atoms with Crippen molar-refractivity contribution in [1.29, 1.82) is 0 Å². The van der Waals surface area contributed by atoms with Gasteiger partial charge in [0.2, 0.25) is 11.8 Å². The standard InChI is InChI=1S/C17H22N2O4S/c1-3-11-5-7-12(8-6-11)18-15(20)9-14-16(21)19-13(10-24-14)17(22)23-4-2/h5-8,13-14H,3-4,9-10H2,1-2H3,(H,18,20)(H,19,21)/t13-,14+/m1/s1. The molecule has 0 aliphatic carbocycles. The van der Waals surface area contributed by atoms with Crippen molar-refractivity contribution in [3.63, 3.8) is 0 Å². The molecule has 1 aliphatic rings. The molecular weight excluding hydrogens is 328 g/mol. The van der Waals surface area contributed by atoms with Gasteiger partial charge in [0.25, 0.3) is 0 Å². The Hall–Kier alpha value is -2.02. The average Bonchev–Trinajstić information content (AvgIpc) is 2.57. The molecule has 0 unspecified atom stereocenters. The molecule has 0 aromatic heterocycles. The Morgan fingerprint density at radius 3 is 2.58 bits per heavy atom. The van der Waals surface area contributed by atoms with Crippen LogP contribution >= 0.6 is 11.8 Å². The SMILES string of the molecule is CCOC(=O)[C@H]1CS[C@@H](CC(=O)Nc2ccc(CC)cc2)C(=O)N1. The highest BCUT2D eigenvalue weighted by molar-refractivity contribution is 8.00. The molecule has 0 radical (unpaired) electrons. The van der Waals surface area contributed by atoms with Gasteiger partial charge in [-0.2, -0.15) is 0 Å². The zero-order valence-corrected chi connectivity index (χ0v) is 14.7. The summed E-state index contributed by atoms with van der Waals surface area (Å²) in [5.74, 6) is -0.548. The van der Waals surface area contributed by atoms with Gasteiger partial charge in [-0.25, -0.2) is 4.79 Å². The van der Waals surface area contributed by atoms with Gasteiger partial charge in [-0.1, -0.05) is 19.1 Å². The van der Waals surface area contributed by atoms with Crippen LogP contribution in [0.15, 0.2) is 24.3 Å². The number of esters is 1. The van der Waals surface area contributed by atoms with Gasteiger partial charge in [0, 0.05) is 17.9 Å². The third-order valence-corrected chi connectivity index (χ3v) is 4.97. The van der Waals surface area contributed by atoms with Crippen LogP contribution < -0.4 is 10.6 Å². The van der Waals surface area contributed by atoms with E-state index in [1.165, 1.54) is 17.3 Å². The lowest BCUT2D eigenvalue weighted by Crippen LogP contribution is -2.51. The van der Waals surface area contributed by atoms with Crippen LogP contribution in [0.1, 0.15) is 25.8 Å². The zero-order valence-electron chi connectivity index (χ0n) is 13.8. The van der Waals surface area contributed by atoms with Gasteiger partial charge in [0.15, 0.2) is 0 Å². The first kappa shape index (κ1) is 18.3. The van der Waals surface area contributed by atoms with Crippen LogP contribution in [0.5, 0.6) is 0 Å². The fourth-order valence-electron chi connectivity index (χ4n) is 2.32. The Morgan fingerprint density at radius 1 is 1.29 bits per heavy atom. The van der Waals surface area contributed by atoms with Crippen LogP contribution in [0.3, 0.4) is 0 Å². The highest BCUT2D eigenvalue weighted by atomic mass is 32.2. The van der Waals surface area contributed by atoms with Crippen molar-refractivity contribution in [2.75, 3.05) is 17.7 Å². The van der Waals surface area contributed by atoms with Gasteiger partial charge in [-0.15, -0.1) is 11.8 Å². The van der Waals surface area contributed by atoms with Crippen molar-refractivity contribution in [3.05, 3.63) is 29.8 Å². The quantitative estimate of drug-likeness (QED) is 0.764. The van der Waals surface area contributed by atoms with E-state index in [0.29, 0.717) is 11.4 Å². The molecule has 1 fully saturated rings. The van der Waals surface area contributed by atoms with Crippen molar-refractivity contribution < 1.29 is 19.1 Å². The molecule has 1 aliphatic heterocycles. The molecule has 7 heteroatoms. The Labute approximate surface area is 145 Å². The number of hydrogen-bond donors (Lipinski definition) is 2. The van der Waals surface area contributed by atoms with E-state index in [1.54, 1.807) is 6.92 Å². The lowest BCUT2D eigenvalue weighted by Gasteiger charge is -2.27. The number of aryl methyl sites for hydroxylation is 1. The molecule has 0 bridgehead atoms. The average molecular weight is 350 g/mol. The van der Waals surface area contributed by atoms with E-state index >= 15 is 0 Å². The van der Waals surface area contributed by atoms with Gasteiger partial charge in [0.1, 0.15) is 6.04 Å². The summed E-state index contributed by atoms with van der Waals surface area (Å²) in [6.07, 6.45) is 1.01. The summed E-state index contributed by atoms with van der Waals surface area (Å²) < 4.78 is 4.90. The van der Waals surface area contributed by atoms with Gasteiger partial charge in [-0.05, 0) is 31.0 Å². The predicted octanol–water partition coefficient (Wildman–Crippen LogP) is 1.74. The molecule has 24 heavy (non-hydrogen) atoms. The van der Waals surface area contributed by atoms with E-state index in [-0.39, 0.29) is 24.8 Å². The molecule has 2 amide bonds. The van der Waals surface area contributed by atoms with Crippen LogP contribution in [0.25, 0.3) is 0 Å². The number of ether oxygens (including phenoxy) is 1. The number of benzene rings is 1. The highest BCUT2D eigenvalue weighted by Crippen LogP contribution is 2.22. The summed E-state index contributed by atoms with van der Waals surface area (Å²) in [5, 5.41) is 4.92. The number of carbonyl (C=O) groups is 3. The third-order valence-electron chi connectivity index (χ3n) is 3.66. The molecule has 2 N–H and O–H groups in total. The molecule has 2 atom stereocenters. The number of anilines is 1. The first-order valence-corrected chi connectivity index (χ1v) is 9.05. The Bertz CT molecular complexity index is 603. The van der Waals surface area contributed by atoms with Crippen LogP contribution in [-0.2, 0) is 25.5 Å². The van der Waals surface area contributed by atoms with Crippen molar-refractivity contribution in [2.45, 2.75) is 38.0 Å². The molecule has 130 valence electrons. The van der Waals surface area contributed by atoms with E-state index in [2.05, 4.69) is 17.6 Å². The second kappa shape index (κ2) is 8.73. The number of amides is 2. The molecule has 2 rings (SSSR count). The van der Waals surface area contributed by atoms with Gasteiger partial charge in [-0.3, -0.25) is 9.59 Å². The van der Waals surface area contributed by atoms with Crippen molar-refractivity contribution in [2.24, 2.45) is 0 Å². The number of carbonyl (C=O) groups excluding carboxylic acids is 3. The van der Waals surface area contributed by atoms with Gasteiger partial charge in [0.05, 0.1) is 11.9 Å². The minimum atomic E-state index is -0.636. The molecule has 6 nitrogen and oxygen atoms in total. The lowest BCUT2D eigenvalue weighted by atomic mass is 10.1. The monoisotopic (exact) mass is 350 g/mol. The van der Waals surface area contributed by atoms with Crippen LogP contribution in [0.2, 0.25) is 0 Å². The third kappa shape index (κ3) is 4.99. The number of hydrogen-bond acceptors (Lipinski definition) is 5. The second-order valence-electron chi connectivity index (χ2n) is 5.44. The normalized spacial score (nSPS) is 20.2. The van der Waals surface area contributed by atoms with Crippen molar-refractivity contribution >= 4 is 35.2 Å². The Balaban J connectivity index is 1.84. The number of rotatable bonds is 6. The maximum absolute atomic E-state index is 12.1. The summed E-state index contributed by atoms with van der Waals surface area (Å²) in [4.78, 5) is 35.8. The van der Waals surface area contributed by atoms with Crippen molar-refractivity contribution in [3.8, 4) is 0 Å². The Morgan fingerprint density at radius 2 is 2.00 bits per heavy atom. The summed E-state index contributed by atoms with van der Waals surface area (Å²) in [6, 6.07) is 6.98. The summed E-state index contributed by atoms with van der Waals surface area (Å²) >= 11 is 1.30. The lowest BCUT2D eigenvalue weighted by molar-refractivity contribution is -0.146. The summed E-state index contributed by atoms with van der Waals surface area (Å²) in [7, 11) is 0. The van der Waals surface area contributed by atoms with Crippen LogP contribution in [0.4, 0.5) is 5.69 Å². The Kier molecular flexibility index (Phi) is 6.66. The maximum Gasteiger partial charge on any atom is 0.329 e. The van der Waals surface area contributed by atoms with E-state index in [9.17, 15) is 14.4 Å². The minimum Gasteiger partial charge on any atom is -0.464 e. The molecule has 1 aromatic carbocycles. The zero-order chi connectivity index (χ0) is 17.5. The fourth-order valence-corrected chi connectivity index (χ4v) is 3.45. The van der Waals surface area contributed by atoms with E-state index in [1.807, 2.05) is 24.3 Å². The minimum absolute atomic E-state index is 0.0710. The molecule has 1 saturated heterocycles. The summed E-state index contributed by atoms with van der Waals surface area (Å²) in [6.45, 7) is 4.06. The first-order chi connectivity index (χ1) is 11.5. The smallest absolute Gasteiger partial charge is 0.329 e. The molecule has 0 saturated carbocycles. The van der Waals surface area contributed by atoms with Crippen LogP contribution in [-0.4, -0.2) is 41.4 Å². The van der Waals surface area contributed by atoms with E-state index < -0.39 is 17.3 Å². The largest absolute Gasteiger partial charge is 0.464 e. The number of nitrogens with one attached hydrogen (secondary N) is 2. The van der Waals surface area contributed by atoms with Gasteiger partial charge < -0.3 is 15.4 Å². The van der Waals surface area contributed by atoms with E-state index in [0.717, 1.165) is 6.42 Å². The molecule has 0 spiro atoms. The van der Waals surface area contributed by atoms with Crippen LogP contribution in [0, 0.1) is 0 Å². The van der Waals surface area contributed by atoms with E-state index in [4.69, 9.17) is 4.74 Å².